The predicted octanol–water partition coefficient (Wildman–Crippen LogP) is 3.25. The van der Waals surface area contributed by atoms with Gasteiger partial charge in [0.05, 0.1) is 24.6 Å². The first-order chi connectivity index (χ1) is 14.9. The topological polar surface area (TPSA) is 79.9 Å². The number of methoxy groups -OCH3 is 1. The van der Waals surface area contributed by atoms with E-state index in [4.69, 9.17) is 21.7 Å². The van der Waals surface area contributed by atoms with Gasteiger partial charge in [0.15, 0.2) is 5.11 Å². The largest absolute Gasteiger partial charge is 0.460 e. The molecular weight excluding hydrogens is 434 g/mol. The number of hydrogen-bond acceptors (Lipinski definition) is 6. The molecule has 1 aromatic carbocycles. The lowest BCUT2D eigenvalue weighted by Crippen LogP contribution is -2.46. The van der Waals surface area contributed by atoms with E-state index in [1.807, 2.05) is 48.7 Å². The first-order valence-corrected chi connectivity index (χ1v) is 11.0. The van der Waals surface area contributed by atoms with Crippen LogP contribution in [0.25, 0.3) is 0 Å². The Kier molecular flexibility index (Phi) is 7.78. The highest BCUT2D eigenvalue weighted by atomic mass is 32.1. The second-order valence-corrected chi connectivity index (χ2v) is 8.41. The number of thiophene rings is 1. The third kappa shape index (κ3) is 5.69. The van der Waals surface area contributed by atoms with E-state index in [1.54, 1.807) is 30.4 Å². The summed E-state index contributed by atoms with van der Waals surface area (Å²) in [7, 11) is 3.35. The van der Waals surface area contributed by atoms with Gasteiger partial charge in [0.25, 0.3) is 0 Å². The second-order valence-electron chi connectivity index (χ2n) is 7.00. The molecule has 1 aliphatic heterocycles. The molecule has 0 saturated carbocycles. The second kappa shape index (κ2) is 10.5. The number of thiocarbonyl (C=S) groups is 1. The van der Waals surface area contributed by atoms with Crippen LogP contribution in [0.1, 0.15) is 23.4 Å². The minimum atomic E-state index is -0.449. The summed E-state index contributed by atoms with van der Waals surface area (Å²) in [5.41, 5.74) is 2.74. The number of carbonyl (C=O) groups is 2. The fraction of sp³-hybridized carbons (Fsp3) is 0.318. The Morgan fingerprint density at radius 2 is 1.97 bits per heavy atom. The van der Waals surface area contributed by atoms with Gasteiger partial charge in [0.2, 0.25) is 5.91 Å². The molecule has 9 heteroatoms. The summed E-state index contributed by atoms with van der Waals surface area (Å²) >= 11 is 6.97. The van der Waals surface area contributed by atoms with Crippen molar-refractivity contribution in [1.29, 1.82) is 0 Å². The molecule has 0 spiro atoms. The van der Waals surface area contributed by atoms with Gasteiger partial charge in [0, 0.05) is 30.4 Å². The summed E-state index contributed by atoms with van der Waals surface area (Å²) in [5.74, 6) is -0.498. The van der Waals surface area contributed by atoms with E-state index in [2.05, 4.69) is 10.6 Å². The smallest absolute Gasteiger partial charge is 0.338 e. The lowest BCUT2D eigenvalue weighted by Gasteiger charge is -2.35. The molecule has 0 saturated heterocycles. The zero-order chi connectivity index (χ0) is 22.4. The minimum absolute atomic E-state index is 0.0769. The van der Waals surface area contributed by atoms with Crippen LogP contribution in [0.3, 0.4) is 0 Å². The van der Waals surface area contributed by atoms with Gasteiger partial charge in [-0.2, -0.15) is 0 Å². The maximum Gasteiger partial charge on any atom is 0.338 e. The number of rotatable bonds is 8. The Morgan fingerprint density at radius 1 is 1.23 bits per heavy atom. The molecule has 3 rings (SSSR count). The lowest BCUT2D eigenvalue weighted by molar-refractivity contribution is -0.140. The Hall–Kier alpha value is -2.75. The third-order valence-corrected chi connectivity index (χ3v) is 6.21. The van der Waals surface area contributed by atoms with Gasteiger partial charge in [-0.15, -0.1) is 11.3 Å². The van der Waals surface area contributed by atoms with Crippen LogP contribution in [0.15, 0.2) is 53.0 Å². The molecule has 1 aliphatic rings. The summed E-state index contributed by atoms with van der Waals surface area (Å²) < 4.78 is 10.3. The van der Waals surface area contributed by atoms with E-state index in [9.17, 15) is 9.59 Å². The zero-order valence-corrected chi connectivity index (χ0v) is 19.3. The quantitative estimate of drug-likeness (QED) is 0.356. The molecule has 0 radical (unpaired) electrons. The van der Waals surface area contributed by atoms with Gasteiger partial charge in [0.1, 0.15) is 6.61 Å². The summed E-state index contributed by atoms with van der Waals surface area (Å²) in [6, 6.07) is 10.8. The lowest BCUT2D eigenvalue weighted by atomic mass is 9.95. The number of anilines is 1. The van der Waals surface area contributed by atoms with Crippen molar-refractivity contribution in [1.82, 2.24) is 10.2 Å². The molecule has 2 aromatic rings. The molecule has 2 N–H and O–H groups in total. The van der Waals surface area contributed by atoms with Gasteiger partial charge in [-0.1, -0.05) is 18.2 Å². The number of hydrogen-bond donors (Lipinski definition) is 2. The predicted molar refractivity (Wildman–Crippen MR) is 125 cm³/mol. The molecule has 1 atom stereocenters. The van der Waals surface area contributed by atoms with Crippen LogP contribution in [0.4, 0.5) is 5.69 Å². The van der Waals surface area contributed by atoms with Crippen LogP contribution in [-0.4, -0.2) is 49.3 Å². The van der Waals surface area contributed by atoms with E-state index in [1.165, 1.54) is 0 Å². The summed E-state index contributed by atoms with van der Waals surface area (Å²) in [5, 5.41) is 8.57. The normalized spacial score (nSPS) is 16.2. The monoisotopic (exact) mass is 459 g/mol. The Balaban J connectivity index is 1.76. The number of amides is 1. The van der Waals surface area contributed by atoms with Crippen molar-refractivity contribution in [2.45, 2.75) is 19.4 Å². The number of carbonyl (C=O) groups excluding carboxylic acids is 2. The van der Waals surface area contributed by atoms with Gasteiger partial charge >= 0.3 is 5.97 Å². The number of benzene rings is 1. The van der Waals surface area contributed by atoms with Crippen molar-refractivity contribution in [3.8, 4) is 0 Å². The molecule has 1 aromatic heterocycles. The molecule has 0 aliphatic carbocycles. The van der Waals surface area contributed by atoms with Gasteiger partial charge in [-0.25, -0.2) is 4.79 Å². The molecule has 164 valence electrons. The Labute approximate surface area is 191 Å². The first kappa shape index (κ1) is 22.9. The van der Waals surface area contributed by atoms with Gasteiger partial charge in [-0.05, 0) is 48.3 Å². The maximum absolute atomic E-state index is 12.8. The van der Waals surface area contributed by atoms with E-state index in [0.717, 1.165) is 16.1 Å². The van der Waals surface area contributed by atoms with E-state index in [-0.39, 0.29) is 12.5 Å². The Bertz CT molecular complexity index is 971. The third-order valence-electron chi connectivity index (χ3n) is 4.94. The molecule has 0 fully saturated rings. The fourth-order valence-electron chi connectivity index (χ4n) is 3.18. The highest BCUT2D eigenvalue weighted by Crippen LogP contribution is 2.31. The summed E-state index contributed by atoms with van der Waals surface area (Å²) in [4.78, 5) is 27.8. The van der Waals surface area contributed by atoms with Crippen molar-refractivity contribution in [3.63, 3.8) is 0 Å². The summed E-state index contributed by atoms with van der Waals surface area (Å²) in [6.45, 7) is 2.33. The van der Waals surface area contributed by atoms with Crippen LogP contribution in [-0.2, 0) is 25.5 Å². The van der Waals surface area contributed by atoms with Gasteiger partial charge in [-0.3, -0.25) is 4.79 Å². The Morgan fingerprint density at radius 3 is 2.61 bits per heavy atom. The van der Waals surface area contributed by atoms with E-state index < -0.39 is 12.0 Å². The zero-order valence-electron chi connectivity index (χ0n) is 17.6. The molecule has 1 unspecified atom stereocenters. The molecule has 2 heterocycles. The van der Waals surface area contributed by atoms with Crippen molar-refractivity contribution in [3.05, 3.63) is 63.5 Å². The van der Waals surface area contributed by atoms with Crippen molar-refractivity contribution >= 4 is 46.2 Å². The molecule has 0 bridgehead atoms. The standard InChI is InChI=1S/C22H25N3O4S2/c1-14-19(21(27)29-11-10-28-3)20(24-22(30)25(14)2)15-6-8-16(9-7-15)23-18(26)13-17-5-4-12-31-17/h4-9,12,20H,10-11,13H2,1-3H3,(H,23,26)(H,24,30). The summed E-state index contributed by atoms with van der Waals surface area (Å²) in [6.07, 6.45) is 0.337. The molecular formula is C22H25N3O4S2. The van der Waals surface area contributed by atoms with Crippen LogP contribution in [0.2, 0.25) is 0 Å². The van der Waals surface area contributed by atoms with Crippen molar-refractivity contribution < 1.29 is 19.1 Å². The average molecular weight is 460 g/mol. The number of allylic oxidation sites excluding steroid dienone is 1. The SMILES string of the molecule is COCCOC(=O)C1=C(C)N(C)C(=S)NC1c1ccc(NC(=O)Cc2cccs2)cc1. The van der Waals surface area contributed by atoms with Crippen molar-refractivity contribution in [2.24, 2.45) is 0 Å². The van der Waals surface area contributed by atoms with Crippen LogP contribution < -0.4 is 10.6 Å². The molecule has 7 nitrogen and oxygen atoms in total. The highest BCUT2D eigenvalue weighted by molar-refractivity contribution is 7.80. The molecule has 31 heavy (non-hydrogen) atoms. The van der Waals surface area contributed by atoms with E-state index in [0.29, 0.717) is 29.4 Å². The number of nitrogens with zero attached hydrogens (tertiary/aromatic N) is 1. The average Bonchev–Trinajstić information content (AvgIpc) is 3.25. The number of esters is 1. The fourth-order valence-corrected chi connectivity index (χ4v) is 4.14. The first-order valence-electron chi connectivity index (χ1n) is 9.74. The van der Waals surface area contributed by atoms with Crippen molar-refractivity contribution in [2.75, 3.05) is 32.7 Å². The van der Waals surface area contributed by atoms with Crippen LogP contribution in [0, 0.1) is 0 Å². The number of ether oxygens (including phenoxy) is 2. The highest BCUT2D eigenvalue weighted by Gasteiger charge is 2.33. The van der Waals surface area contributed by atoms with Crippen LogP contribution >= 0.6 is 23.6 Å². The van der Waals surface area contributed by atoms with E-state index >= 15 is 0 Å². The van der Waals surface area contributed by atoms with Gasteiger partial charge < -0.3 is 25.0 Å². The number of nitrogens with one attached hydrogen (secondary N) is 2. The molecule has 1 amide bonds. The van der Waals surface area contributed by atoms with Crippen LogP contribution in [0.5, 0.6) is 0 Å². The maximum atomic E-state index is 12.8. The minimum Gasteiger partial charge on any atom is -0.460 e.